The molecule has 0 aromatic heterocycles. The van der Waals surface area contributed by atoms with Crippen molar-refractivity contribution in [2.45, 2.75) is 60.3 Å². The smallest absolute Gasteiger partial charge is 0.307 e. The highest BCUT2D eigenvalue weighted by atomic mass is 16.5. The first kappa shape index (κ1) is 20.9. The third kappa shape index (κ3) is 9.77. The molecule has 22 heavy (non-hydrogen) atoms. The average molecular weight is 315 g/mol. The van der Waals surface area contributed by atoms with E-state index in [9.17, 15) is 9.59 Å². The van der Waals surface area contributed by atoms with Crippen LogP contribution in [0, 0.1) is 5.41 Å². The molecule has 0 radical (unpaired) electrons. The highest BCUT2D eigenvalue weighted by Gasteiger charge is 2.27. The maximum atomic E-state index is 12.4. The lowest BCUT2D eigenvalue weighted by Gasteiger charge is -2.29. The second kappa shape index (κ2) is 11.5. The van der Waals surface area contributed by atoms with E-state index in [1.54, 1.807) is 11.8 Å². The zero-order valence-corrected chi connectivity index (χ0v) is 14.9. The number of carbonyl (C=O) groups is 2. The Bertz CT molecular complexity index is 323. The van der Waals surface area contributed by atoms with Gasteiger partial charge >= 0.3 is 5.97 Å². The molecule has 0 saturated heterocycles. The molecular weight excluding hydrogens is 282 g/mol. The predicted molar refractivity (Wildman–Crippen MR) is 87.6 cm³/mol. The summed E-state index contributed by atoms with van der Waals surface area (Å²) in [6.07, 6.45) is 3.21. The molecule has 0 aliphatic carbocycles. The summed E-state index contributed by atoms with van der Waals surface area (Å²) in [5.74, 6) is -0.196. The van der Waals surface area contributed by atoms with Gasteiger partial charge in [-0.1, -0.05) is 34.1 Å². The summed E-state index contributed by atoms with van der Waals surface area (Å²) in [5.41, 5.74) is -0.447. The number of rotatable bonds is 11. The van der Waals surface area contributed by atoms with Gasteiger partial charge < -0.3 is 14.4 Å². The van der Waals surface area contributed by atoms with E-state index in [-0.39, 0.29) is 18.3 Å². The van der Waals surface area contributed by atoms with Gasteiger partial charge in [0, 0.05) is 31.7 Å². The van der Waals surface area contributed by atoms with Crippen LogP contribution in [-0.2, 0) is 19.1 Å². The summed E-state index contributed by atoms with van der Waals surface area (Å²) in [6.45, 7) is 12.4. The quantitative estimate of drug-likeness (QED) is 0.434. The molecule has 0 fully saturated rings. The third-order valence-electron chi connectivity index (χ3n) is 3.18. The zero-order valence-electron chi connectivity index (χ0n) is 14.9. The van der Waals surface area contributed by atoms with Crippen LogP contribution in [0.4, 0.5) is 0 Å². The van der Waals surface area contributed by atoms with Gasteiger partial charge in [-0.25, -0.2) is 0 Å². The third-order valence-corrected chi connectivity index (χ3v) is 3.18. The first-order valence-corrected chi connectivity index (χ1v) is 8.35. The topological polar surface area (TPSA) is 55.8 Å². The largest absolute Gasteiger partial charge is 0.466 e. The van der Waals surface area contributed by atoms with Crippen molar-refractivity contribution in [3.63, 3.8) is 0 Å². The lowest BCUT2D eigenvalue weighted by Crippen LogP contribution is -2.41. The number of amides is 1. The number of esters is 1. The van der Waals surface area contributed by atoms with Crippen molar-refractivity contribution in [1.29, 1.82) is 0 Å². The summed E-state index contributed by atoms with van der Waals surface area (Å²) in [7, 11) is 0. The summed E-state index contributed by atoms with van der Waals surface area (Å²) in [5, 5.41) is 0. The molecule has 130 valence electrons. The van der Waals surface area contributed by atoms with E-state index in [1.807, 2.05) is 20.8 Å². The molecule has 0 aliphatic heterocycles. The van der Waals surface area contributed by atoms with Gasteiger partial charge in [-0.05, 0) is 19.8 Å². The van der Waals surface area contributed by atoms with Gasteiger partial charge in [0.15, 0.2) is 0 Å². The molecule has 0 N–H and O–H groups in total. The van der Waals surface area contributed by atoms with Crippen molar-refractivity contribution in [3.05, 3.63) is 0 Å². The van der Waals surface area contributed by atoms with Crippen LogP contribution >= 0.6 is 0 Å². The Hall–Kier alpha value is -1.10. The van der Waals surface area contributed by atoms with Crippen LogP contribution in [0.25, 0.3) is 0 Å². The van der Waals surface area contributed by atoms with Gasteiger partial charge in [-0.15, -0.1) is 0 Å². The Morgan fingerprint density at radius 1 is 1.00 bits per heavy atom. The molecule has 0 bridgehead atoms. The van der Waals surface area contributed by atoms with Gasteiger partial charge in [-0.2, -0.15) is 0 Å². The number of ether oxygens (including phenoxy) is 2. The van der Waals surface area contributed by atoms with E-state index in [0.29, 0.717) is 26.3 Å². The lowest BCUT2D eigenvalue weighted by atomic mass is 9.94. The second-order valence-electron chi connectivity index (χ2n) is 6.42. The molecule has 1 amide bonds. The van der Waals surface area contributed by atoms with Gasteiger partial charge in [-0.3, -0.25) is 9.59 Å². The van der Waals surface area contributed by atoms with Crippen LogP contribution < -0.4 is 0 Å². The van der Waals surface area contributed by atoms with Crippen LogP contribution in [-0.4, -0.2) is 49.7 Å². The monoisotopic (exact) mass is 315 g/mol. The Labute approximate surface area is 135 Å². The summed E-state index contributed by atoms with van der Waals surface area (Å²) < 4.78 is 10.5. The molecule has 0 saturated carbocycles. The van der Waals surface area contributed by atoms with Crippen LogP contribution in [0.1, 0.15) is 60.3 Å². The van der Waals surface area contributed by atoms with Crippen molar-refractivity contribution in [2.75, 3.05) is 32.9 Å². The summed E-state index contributed by atoms with van der Waals surface area (Å²) in [4.78, 5) is 25.7. The number of hydrogen-bond acceptors (Lipinski definition) is 4. The Kier molecular flexibility index (Phi) is 10.9. The van der Waals surface area contributed by atoms with Crippen LogP contribution in [0.3, 0.4) is 0 Å². The fourth-order valence-corrected chi connectivity index (χ4v) is 1.95. The van der Waals surface area contributed by atoms with Gasteiger partial charge in [0.2, 0.25) is 5.91 Å². The fraction of sp³-hybridized carbons (Fsp3) is 0.882. The van der Waals surface area contributed by atoms with Crippen molar-refractivity contribution >= 4 is 11.9 Å². The molecule has 0 aromatic rings. The minimum atomic E-state index is -0.447. The van der Waals surface area contributed by atoms with Gasteiger partial charge in [0.1, 0.15) is 0 Å². The molecule has 0 rings (SSSR count). The molecule has 5 heteroatoms. The number of nitrogens with zero attached hydrogens (tertiary/aromatic N) is 1. The maximum Gasteiger partial charge on any atom is 0.307 e. The standard InChI is InChI=1S/C17H33NO4/c1-6-8-13-21-14-9-11-18(16(20)17(3,4)5)12-10-15(19)22-7-2/h6-14H2,1-5H3. The van der Waals surface area contributed by atoms with Crippen molar-refractivity contribution in [2.24, 2.45) is 5.41 Å². The normalized spacial score (nSPS) is 11.3. The van der Waals surface area contributed by atoms with Crippen LogP contribution in [0.15, 0.2) is 0 Å². The highest BCUT2D eigenvalue weighted by Crippen LogP contribution is 2.18. The molecule has 0 heterocycles. The van der Waals surface area contributed by atoms with E-state index in [1.165, 1.54) is 0 Å². The van der Waals surface area contributed by atoms with Crippen LogP contribution in [0.2, 0.25) is 0 Å². The van der Waals surface area contributed by atoms with E-state index in [4.69, 9.17) is 9.47 Å². The Morgan fingerprint density at radius 2 is 1.64 bits per heavy atom. The molecule has 0 spiro atoms. The highest BCUT2D eigenvalue weighted by molar-refractivity contribution is 5.82. The van der Waals surface area contributed by atoms with E-state index < -0.39 is 5.41 Å². The Balaban J connectivity index is 4.29. The number of unbranched alkanes of at least 4 members (excludes halogenated alkanes) is 1. The first-order chi connectivity index (χ1) is 10.3. The molecule has 0 atom stereocenters. The molecule has 0 aromatic carbocycles. The fourth-order valence-electron chi connectivity index (χ4n) is 1.95. The number of hydrogen-bond donors (Lipinski definition) is 0. The van der Waals surface area contributed by atoms with E-state index >= 15 is 0 Å². The van der Waals surface area contributed by atoms with Crippen molar-refractivity contribution < 1.29 is 19.1 Å². The minimum Gasteiger partial charge on any atom is -0.466 e. The second-order valence-corrected chi connectivity index (χ2v) is 6.42. The lowest BCUT2D eigenvalue weighted by molar-refractivity contribution is -0.145. The zero-order chi connectivity index (χ0) is 17.0. The molecule has 0 unspecified atom stereocenters. The molecule has 0 aliphatic rings. The van der Waals surface area contributed by atoms with Crippen molar-refractivity contribution in [1.82, 2.24) is 4.90 Å². The minimum absolute atomic E-state index is 0.0605. The Morgan fingerprint density at radius 3 is 2.18 bits per heavy atom. The van der Waals surface area contributed by atoms with Crippen LogP contribution in [0.5, 0.6) is 0 Å². The van der Waals surface area contributed by atoms with Gasteiger partial charge in [0.25, 0.3) is 0 Å². The van der Waals surface area contributed by atoms with Crippen molar-refractivity contribution in [3.8, 4) is 0 Å². The van der Waals surface area contributed by atoms with E-state index in [2.05, 4.69) is 6.92 Å². The maximum absolute atomic E-state index is 12.4. The molecular formula is C17H33NO4. The molecule has 5 nitrogen and oxygen atoms in total. The predicted octanol–water partition coefficient (Wildman–Crippen LogP) is 3.02. The average Bonchev–Trinajstić information content (AvgIpc) is 2.44. The van der Waals surface area contributed by atoms with E-state index in [0.717, 1.165) is 25.9 Å². The SMILES string of the molecule is CCCCOCCCN(CCC(=O)OCC)C(=O)C(C)(C)C. The first-order valence-electron chi connectivity index (χ1n) is 8.35. The summed E-state index contributed by atoms with van der Waals surface area (Å²) in [6, 6.07) is 0. The number of carbonyl (C=O) groups excluding carboxylic acids is 2. The summed E-state index contributed by atoms with van der Waals surface area (Å²) >= 11 is 0. The van der Waals surface area contributed by atoms with Gasteiger partial charge in [0.05, 0.1) is 13.0 Å².